The van der Waals surface area contributed by atoms with Crippen LogP contribution in [0.4, 0.5) is 0 Å². The standard InChI is InChI=1S/C14H12BrN7/c1-2-21-13(15)12(8-17-21)14-18-20-22(19-14)9-11-5-3-10(7-16)4-6-11/h3-6,8H,2,9H2,1H3. The molecule has 0 amide bonds. The molecule has 7 nitrogen and oxygen atoms in total. The van der Waals surface area contributed by atoms with Gasteiger partial charge in [-0.2, -0.15) is 15.2 Å². The van der Waals surface area contributed by atoms with Crippen LogP contribution >= 0.6 is 15.9 Å². The predicted molar refractivity (Wildman–Crippen MR) is 82.7 cm³/mol. The van der Waals surface area contributed by atoms with Crippen LogP contribution in [0.5, 0.6) is 0 Å². The Labute approximate surface area is 135 Å². The SMILES string of the molecule is CCn1ncc(-c2nnn(Cc3ccc(C#N)cc3)n2)c1Br. The number of hydrogen-bond acceptors (Lipinski definition) is 5. The maximum Gasteiger partial charge on any atom is 0.209 e. The zero-order valence-corrected chi connectivity index (χ0v) is 13.4. The van der Waals surface area contributed by atoms with Crippen molar-refractivity contribution >= 4 is 15.9 Å². The van der Waals surface area contributed by atoms with Crippen LogP contribution in [0.3, 0.4) is 0 Å². The quantitative estimate of drug-likeness (QED) is 0.714. The first-order valence-corrected chi connectivity index (χ1v) is 7.49. The molecule has 0 unspecified atom stereocenters. The maximum atomic E-state index is 8.79. The van der Waals surface area contributed by atoms with Crippen molar-refractivity contribution in [2.75, 3.05) is 0 Å². The lowest BCUT2D eigenvalue weighted by atomic mass is 10.1. The van der Waals surface area contributed by atoms with Crippen LogP contribution < -0.4 is 0 Å². The largest absolute Gasteiger partial charge is 0.258 e. The van der Waals surface area contributed by atoms with Gasteiger partial charge >= 0.3 is 0 Å². The summed E-state index contributed by atoms with van der Waals surface area (Å²) in [5.41, 5.74) is 2.45. The van der Waals surface area contributed by atoms with E-state index in [1.807, 2.05) is 23.7 Å². The van der Waals surface area contributed by atoms with Crippen LogP contribution in [-0.2, 0) is 13.1 Å². The maximum absolute atomic E-state index is 8.79. The van der Waals surface area contributed by atoms with E-state index in [9.17, 15) is 0 Å². The van der Waals surface area contributed by atoms with Crippen LogP contribution in [0.25, 0.3) is 11.4 Å². The molecule has 0 bridgehead atoms. The first kappa shape index (κ1) is 14.4. The lowest BCUT2D eigenvalue weighted by Gasteiger charge is -1.99. The highest BCUT2D eigenvalue weighted by molar-refractivity contribution is 9.10. The number of hydrogen-bond donors (Lipinski definition) is 0. The minimum atomic E-state index is 0.498. The molecule has 3 aromatic rings. The summed E-state index contributed by atoms with van der Waals surface area (Å²) >= 11 is 3.49. The number of rotatable bonds is 4. The molecule has 2 heterocycles. The summed E-state index contributed by atoms with van der Waals surface area (Å²) in [6.45, 7) is 3.27. The molecule has 110 valence electrons. The fourth-order valence-electron chi connectivity index (χ4n) is 2.01. The molecule has 0 aliphatic heterocycles. The van der Waals surface area contributed by atoms with E-state index in [1.165, 1.54) is 4.80 Å². The molecule has 0 radical (unpaired) electrons. The van der Waals surface area contributed by atoms with Crippen molar-refractivity contribution in [2.45, 2.75) is 20.0 Å². The molecule has 2 aromatic heterocycles. The van der Waals surface area contributed by atoms with Crippen LogP contribution in [0.2, 0.25) is 0 Å². The predicted octanol–water partition coefficient (Wildman–Crippen LogP) is 2.24. The minimum Gasteiger partial charge on any atom is -0.258 e. The first-order chi connectivity index (χ1) is 10.7. The normalized spacial score (nSPS) is 10.6. The third-order valence-corrected chi connectivity index (χ3v) is 4.01. The van der Waals surface area contributed by atoms with E-state index in [0.29, 0.717) is 17.9 Å². The number of nitriles is 1. The van der Waals surface area contributed by atoms with E-state index in [-0.39, 0.29) is 0 Å². The molecule has 0 fully saturated rings. The van der Waals surface area contributed by atoms with Gasteiger partial charge in [0.1, 0.15) is 4.60 Å². The Balaban J connectivity index is 1.81. The van der Waals surface area contributed by atoms with Gasteiger partial charge in [0.15, 0.2) is 0 Å². The smallest absolute Gasteiger partial charge is 0.209 e. The molecule has 0 spiro atoms. The van der Waals surface area contributed by atoms with E-state index in [1.54, 1.807) is 18.3 Å². The first-order valence-electron chi connectivity index (χ1n) is 6.69. The van der Waals surface area contributed by atoms with Crippen molar-refractivity contribution in [3.05, 3.63) is 46.2 Å². The summed E-state index contributed by atoms with van der Waals surface area (Å²) < 4.78 is 2.66. The Kier molecular flexibility index (Phi) is 3.98. The lowest BCUT2D eigenvalue weighted by molar-refractivity contribution is 0.573. The van der Waals surface area contributed by atoms with Gasteiger partial charge in [0, 0.05) is 6.54 Å². The molecule has 0 N–H and O–H groups in total. The monoisotopic (exact) mass is 357 g/mol. The zero-order valence-electron chi connectivity index (χ0n) is 11.8. The molecule has 22 heavy (non-hydrogen) atoms. The zero-order chi connectivity index (χ0) is 15.5. The number of aromatic nitrogens is 6. The lowest BCUT2D eigenvalue weighted by Crippen LogP contribution is -2.04. The van der Waals surface area contributed by atoms with Crippen LogP contribution in [0.1, 0.15) is 18.1 Å². The van der Waals surface area contributed by atoms with Crippen molar-refractivity contribution in [3.8, 4) is 17.5 Å². The molecule has 3 rings (SSSR count). The number of aryl methyl sites for hydroxylation is 1. The molecule has 0 atom stereocenters. The van der Waals surface area contributed by atoms with Gasteiger partial charge in [0.05, 0.1) is 29.9 Å². The van der Waals surface area contributed by atoms with Gasteiger partial charge in [0.2, 0.25) is 5.82 Å². The van der Waals surface area contributed by atoms with Crippen molar-refractivity contribution < 1.29 is 0 Å². The Bertz CT molecular complexity index is 826. The van der Waals surface area contributed by atoms with Gasteiger partial charge in [-0.15, -0.1) is 10.2 Å². The van der Waals surface area contributed by atoms with E-state index in [4.69, 9.17) is 5.26 Å². The van der Waals surface area contributed by atoms with Crippen LogP contribution in [0.15, 0.2) is 35.1 Å². The van der Waals surface area contributed by atoms with Gasteiger partial charge in [-0.1, -0.05) is 12.1 Å². The van der Waals surface area contributed by atoms with E-state index in [0.717, 1.165) is 22.3 Å². The average Bonchev–Trinajstić information content (AvgIpc) is 3.14. The Morgan fingerprint density at radius 3 is 2.68 bits per heavy atom. The molecular weight excluding hydrogens is 346 g/mol. The Morgan fingerprint density at radius 2 is 2.05 bits per heavy atom. The summed E-state index contributed by atoms with van der Waals surface area (Å²) in [4.78, 5) is 1.52. The van der Waals surface area contributed by atoms with Gasteiger partial charge in [-0.3, -0.25) is 4.68 Å². The number of halogens is 1. The summed E-state index contributed by atoms with van der Waals surface area (Å²) in [5, 5.41) is 25.5. The fraction of sp³-hybridized carbons (Fsp3) is 0.214. The van der Waals surface area contributed by atoms with E-state index in [2.05, 4.69) is 42.5 Å². The van der Waals surface area contributed by atoms with E-state index < -0.39 is 0 Å². The summed E-state index contributed by atoms with van der Waals surface area (Å²) in [5.74, 6) is 0.528. The van der Waals surface area contributed by atoms with Crippen molar-refractivity contribution in [3.63, 3.8) is 0 Å². The highest BCUT2D eigenvalue weighted by Crippen LogP contribution is 2.24. The highest BCUT2D eigenvalue weighted by atomic mass is 79.9. The van der Waals surface area contributed by atoms with E-state index >= 15 is 0 Å². The number of tetrazole rings is 1. The topological polar surface area (TPSA) is 85.2 Å². The minimum absolute atomic E-state index is 0.498. The van der Waals surface area contributed by atoms with Crippen molar-refractivity contribution in [1.29, 1.82) is 5.26 Å². The van der Waals surface area contributed by atoms with Crippen molar-refractivity contribution in [1.82, 2.24) is 30.0 Å². The van der Waals surface area contributed by atoms with Gasteiger partial charge < -0.3 is 0 Å². The fourth-order valence-corrected chi connectivity index (χ4v) is 2.63. The molecule has 0 saturated carbocycles. The second-order valence-electron chi connectivity index (χ2n) is 4.62. The number of nitrogens with zero attached hydrogens (tertiary/aromatic N) is 7. The van der Waals surface area contributed by atoms with Gasteiger partial charge in [-0.25, -0.2) is 0 Å². The Hall–Kier alpha value is -2.53. The molecule has 0 saturated heterocycles. The third kappa shape index (κ3) is 2.76. The second kappa shape index (κ2) is 6.07. The summed E-state index contributed by atoms with van der Waals surface area (Å²) in [7, 11) is 0. The highest BCUT2D eigenvalue weighted by Gasteiger charge is 2.14. The average molecular weight is 358 g/mol. The molecule has 1 aromatic carbocycles. The molecule has 0 aliphatic rings. The van der Waals surface area contributed by atoms with Crippen LogP contribution in [0, 0.1) is 11.3 Å². The van der Waals surface area contributed by atoms with Gasteiger partial charge in [-0.05, 0) is 45.8 Å². The second-order valence-corrected chi connectivity index (χ2v) is 5.37. The van der Waals surface area contributed by atoms with Crippen LogP contribution in [-0.4, -0.2) is 30.0 Å². The number of benzene rings is 1. The summed E-state index contributed by atoms with van der Waals surface area (Å²) in [6.07, 6.45) is 1.72. The summed E-state index contributed by atoms with van der Waals surface area (Å²) in [6, 6.07) is 9.40. The third-order valence-electron chi connectivity index (χ3n) is 3.18. The van der Waals surface area contributed by atoms with Gasteiger partial charge in [0.25, 0.3) is 0 Å². The molecular formula is C14H12BrN7. The van der Waals surface area contributed by atoms with Crippen molar-refractivity contribution in [2.24, 2.45) is 0 Å². The molecule has 0 aliphatic carbocycles. The molecule has 8 heteroatoms. The Morgan fingerprint density at radius 1 is 1.27 bits per heavy atom.